The van der Waals surface area contributed by atoms with Crippen molar-refractivity contribution in [2.24, 2.45) is 0 Å². The molecule has 9 heteroatoms. The van der Waals surface area contributed by atoms with Gasteiger partial charge in [-0.2, -0.15) is 0 Å². The quantitative estimate of drug-likeness (QED) is 0.802. The van der Waals surface area contributed by atoms with Crippen LogP contribution in [0.5, 0.6) is 5.75 Å². The van der Waals surface area contributed by atoms with Crippen LogP contribution in [-0.4, -0.2) is 21.4 Å². The molecule has 6 nitrogen and oxygen atoms in total. The molecule has 1 atom stereocenters. The summed E-state index contributed by atoms with van der Waals surface area (Å²) in [4.78, 5) is 11.0. The molecule has 0 saturated heterocycles. The van der Waals surface area contributed by atoms with E-state index in [9.17, 15) is 22.0 Å². The Labute approximate surface area is 150 Å². The van der Waals surface area contributed by atoms with Crippen LogP contribution in [0.1, 0.15) is 25.5 Å². The Morgan fingerprint density at radius 3 is 2.42 bits per heavy atom. The number of anilines is 1. The molecular weight excluding hydrogens is 366 g/mol. The highest BCUT2D eigenvalue weighted by Gasteiger charge is 2.22. The molecule has 2 aromatic carbocycles. The van der Waals surface area contributed by atoms with E-state index in [0.717, 1.165) is 6.07 Å². The Morgan fingerprint density at radius 1 is 1.15 bits per heavy atom. The van der Waals surface area contributed by atoms with Crippen molar-refractivity contribution in [2.45, 2.75) is 24.8 Å². The van der Waals surface area contributed by atoms with Gasteiger partial charge in [0.25, 0.3) is 0 Å². The van der Waals surface area contributed by atoms with Crippen LogP contribution >= 0.6 is 0 Å². The Bertz CT molecular complexity index is 932. The number of carbonyl (C=O) groups excluding carboxylic acids is 1. The average Bonchev–Trinajstić information content (AvgIpc) is 2.53. The van der Waals surface area contributed by atoms with E-state index >= 15 is 0 Å². The molecule has 0 spiro atoms. The number of rotatable bonds is 6. The number of nitrogens with one attached hydrogen (secondary N) is 2. The van der Waals surface area contributed by atoms with Crippen LogP contribution in [0.25, 0.3) is 0 Å². The Kier molecular flexibility index (Phi) is 5.94. The van der Waals surface area contributed by atoms with Gasteiger partial charge in [0.15, 0.2) is 0 Å². The van der Waals surface area contributed by atoms with Crippen LogP contribution in [-0.2, 0) is 14.8 Å². The number of sulfonamides is 1. The predicted octanol–water partition coefficient (Wildman–Crippen LogP) is 2.97. The molecule has 0 fully saturated rings. The monoisotopic (exact) mass is 384 g/mol. The van der Waals surface area contributed by atoms with Crippen molar-refractivity contribution < 1.29 is 26.7 Å². The second-order valence-corrected chi connectivity index (χ2v) is 7.27. The summed E-state index contributed by atoms with van der Waals surface area (Å²) < 4.78 is 59.4. The normalized spacial score (nSPS) is 12.5. The first-order chi connectivity index (χ1) is 12.1. The standard InChI is InChI=1S/C17H18F2N2O4S/c1-10(14-6-4-12(18)8-15(14)19)21-26(23,24)13-5-7-16(20-11(2)22)17(9-13)25-3/h4-10,21H,1-3H3,(H,20,22)/t10-/m1/s1. The fourth-order valence-corrected chi connectivity index (χ4v) is 3.59. The molecule has 0 aliphatic rings. The fraction of sp³-hybridized carbons (Fsp3) is 0.235. The number of hydrogen-bond acceptors (Lipinski definition) is 4. The minimum atomic E-state index is -4.02. The molecule has 0 radical (unpaired) electrons. The number of benzene rings is 2. The maximum Gasteiger partial charge on any atom is 0.241 e. The summed E-state index contributed by atoms with van der Waals surface area (Å²) in [5.74, 6) is -1.78. The van der Waals surface area contributed by atoms with Crippen LogP contribution in [0.3, 0.4) is 0 Å². The molecule has 1 amide bonds. The molecule has 2 N–H and O–H groups in total. The molecular formula is C17H18F2N2O4S. The maximum absolute atomic E-state index is 13.8. The van der Waals surface area contributed by atoms with Gasteiger partial charge in [-0.1, -0.05) is 6.07 Å². The van der Waals surface area contributed by atoms with Crippen molar-refractivity contribution in [3.63, 3.8) is 0 Å². The zero-order valence-corrected chi connectivity index (χ0v) is 15.2. The number of ether oxygens (including phenoxy) is 1. The van der Waals surface area contributed by atoms with Gasteiger partial charge in [-0.05, 0) is 25.1 Å². The highest BCUT2D eigenvalue weighted by molar-refractivity contribution is 7.89. The van der Waals surface area contributed by atoms with E-state index in [1.807, 2.05) is 0 Å². The minimum Gasteiger partial charge on any atom is -0.495 e. The van der Waals surface area contributed by atoms with E-state index in [0.29, 0.717) is 11.8 Å². The molecule has 0 bridgehead atoms. The first-order valence-corrected chi connectivity index (χ1v) is 9.05. The van der Waals surface area contributed by atoms with E-state index in [1.54, 1.807) is 0 Å². The van der Waals surface area contributed by atoms with Crippen molar-refractivity contribution in [2.75, 3.05) is 12.4 Å². The van der Waals surface area contributed by atoms with Crippen LogP contribution < -0.4 is 14.8 Å². The second-order valence-electron chi connectivity index (χ2n) is 5.55. The molecule has 0 heterocycles. The summed E-state index contributed by atoms with van der Waals surface area (Å²) >= 11 is 0. The van der Waals surface area contributed by atoms with Gasteiger partial charge in [0.2, 0.25) is 15.9 Å². The number of hydrogen-bond donors (Lipinski definition) is 2. The van der Waals surface area contributed by atoms with E-state index in [4.69, 9.17) is 4.74 Å². The molecule has 0 aliphatic carbocycles. The van der Waals surface area contributed by atoms with Crippen LogP contribution in [0.2, 0.25) is 0 Å². The lowest BCUT2D eigenvalue weighted by atomic mass is 10.1. The summed E-state index contributed by atoms with van der Waals surface area (Å²) in [5, 5.41) is 2.52. The summed E-state index contributed by atoms with van der Waals surface area (Å²) in [6.07, 6.45) is 0. The van der Waals surface area contributed by atoms with Gasteiger partial charge in [-0.3, -0.25) is 4.79 Å². The first-order valence-electron chi connectivity index (χ1n) is 7.57. The zero-order chi connectivity index (χ0) is 19.5. The smallest absolute Gasteiger partial charge is 0.241 e. The molecule has 2 rings (SSSR count). The molecule has 0 aromatic heterocycles. The molecule has 0 aliphatic heterocycles. The van der Waals surface area contributed by atoms with E-state index in [-0.39, 0.29) is 22.1 Å². The predicted molar refractivity (Wildman–Crippen MR) is 92.4 cm³/mol. The van der Waals surface area contributed by atoms with Crippen LogP contribution in [0, 0.1) is 11.6 Å². The van der Waals surface area contributed by atoms with Gasteiger partial charge in [0.1, 0.15) is 17.4 Å². The van der Waals surface area contributed by atoms with Crippen molar-refractivity contribution in [3.8, 4) is 5.75 Å². The van der Waals surface area contributed by atoms with Crippen molar-refractivity contribution in [1.29, 1.82) is 0 Å². The van der Waals surface area contributed by atoms with Crippen molar-refractivity contribution >= 4 is 21.6 Å². The molecule has 140 valence electrons. The Morgan fingerprint density at radius 2 is 1.85 bits per heavy atom. The van der Waals surface area contributed by atoms with Crippen molar-refractivity contribution in [3.05, 3.63) is 53.6 Å². The second kappa shape index (κ2) is 7.79. The number of carbonyl (C=O) groups is 1. The summed E-state index contributed by atoms with van der Waals surface area (Å²) in [6.45, 7) is 2.75. The van der Waals surface area contributed by atoms with Gasteiger partial charge >= 0.3 is 0 Å². The zero-order valence-electron chi connectivity index (χ0n) is 14.3. The molecule has 2 aromatic rings. The third-order valence-corrected chi connectivity index (χ3v) is 5.09. The summed E-state index contributed by atoms with van der Waals surface area (Å²) in [6, 6.07) is 5.89. The molecule has 0 unspecified atom stereocenters. The topological polar surface area (TPSA) is 84.5 Å². The van der Waals surface area contributed by atoms with E-state index < -0.39 is 27.7 Å². The highest BCUT2D eigenvalue weighted by atomic mass is 32.2. The largest absolute Gasteiger partial charge is 0.495 e. The molecule has 0 saturated carbocycles. The number of amides is 1. The highest BCUT2D eigenvalue weighted by Crippen LogP contribution is 2.28. The summed E-state index contributed by atoms with van der Waals surface area (Å²) in [5.41, 5.74) is 0.327. The van der Waals surface area contributed by atoms with Gasteiger partial charge in [-0.25, -0.2) is 21.9 Å². The maximum atomic E-state index is 13.8. The SMILES string of the molecule is COc1cc(S(=O)(=O)N[C@H](C)c2ccc(F)cc2F)ccc1NC(C)=O. The van der Waals surface area contributed by atoms with E-state index in [1.165, 1.54) is 45.2 Å². The first kappa shape index (κ1) is 19.8. The fourth-order valence-electron chi connectivity index (χ4n) is 2.35. The van der Waals surface area contributed by atoms with Crippen molar-refractivity contribution in [1.82, 2.24) is 4.72 Å². The Balaban J connectivity index is 2.30. The number of halogens is 2. The van der Waals surface area contributed by atoms with Gasteiger partial charge in [0, 0.05) is 30.7 Å². The summed E-state index contributed by atoms with van der Waals surface area (Å²) in [7, 11) is -2.68. The lowest BCUT2D eigenvalue weighted by Gasteiger charge is -2.16. The third-order valence-electron chi connectivity index (χ3n) is 3.55. The van der Waals surface area contributed by atoms with Crippen LogP contribution in [0.4, 0.5) is 14.5 Å². The number of methoxy groups -OCH3 is 1. The van der Waals surface area contributed by atoms with Gasteiger partial charge in [0.05, 0.1) is 17.7 Å². The van der Waals surface area contributed by atoms with Gasteiger partial charge in [-0.15, -0.1) is 0 Å². The lowest BCUT2D eigenvalue weighted by molar-refractivity contribution is -0.114. The lowest BCUT2D eigenvalue weighted by Crippen LogP contribution is -2.27. The molecule has 26 heavy (non-hydrogen) atoms. The minimum absolute atomic E-state index is 0.0109. The average molecular weight is 384 g/mol. The van der Waals surface area contributed by atoms with Crippen LogP contribution in [0.15, 0.2) is 41.3 Å². The van der Waals surface area contributed by atoms with Gasteiger partial charge < -0.3 is 10.1 Å². The third kappa shape index (κ3) is 4.55. The Hall–Kier alpha value is -2.52. The van der Waals surface area contributed by atoms with E-state index in [2.05, 4.69) is 10.0 Å².